The second-order valence-corrected chi connectivity index (χ2v) is 3.40. The molecule has 0 amide bonds. The van der Waals surface area contributed by atoms with E-state index in [2.05, 4.69) is 24.3 Å². The zero-order chi connectivity index (χ0) is 10.3. The van der Waals surface area contributed by atoms with Gasteiger partial charge in [-0.05, 0) is 18.4 Å². The molecular formula is C13H14O2. The van der Waals surface area contributed by atoms with Crippen LogP contribution in [-0.2, 0) is 6.42 Å². The highest BCUT2D eigenvalue weighted by Crippen LogP contribution is 2.10. The molecule has 0 saturated carbocycles. The van der Waals surface area contributed by atoms with Crippen molar-refractivity contribution < 1.29 is 9.15 Å². The number of furan rings is 1. The Balaban J connectivity index is 1.68. The quantitative estimate of drug-likeness (QED) is 0.694. The summed E-state index contributed by atoms with van der Waals surface area (Å²) in [5.74, 6) is 0.808. The number of hydrogen-bond acceptors (Lipinski definition) is 2. The van der Waals surface area contributed by atoms with Crippen LogP contribution < -0.4 is 4.74 Å². The van der Waals surface area contributed by atoms with Crippen molar-refractivity contribution in [2.75, 3.05) is 6.61 Å². The highest BCUT2D eigenvalue weighted by Gasteiger charge is 1.95. The molecule has 0 radical (unpaired) electrons. The first-order valence-electron chi connectivity index (χ1n) is 5.14. The van der Waals surface area contributed by atoms with Crippen LogP contribution in [0.1, 0.15) is 12.0 Å². The summed E-state index contributed by atoms with van der Waals surface area (Å²) in [5.41, 5.74) is 1.35. The van der Waals surface area contributed by atoms with E-state index in [1.807, 2.05) is 12.1 Å². The van der Waals surface area contributed by atoms with E-state index in [1.54, 1.807) is 12.5 Å². The molecule has 0 bridgehead atoms. The Kier molecular flexibility index (Phi) is 3.44. The Hall–Kier alpha value is -1.70. The zero-order valence-corrected chi connectivity index (χ0v) is 8.56. The summed E-state index contributed by atoms with van der Waals surface area (Å²) in [7, 11) is 0. The van der Waals surface area contributed by atoms with E-state index in [-0.39, 0.29) is 0 Å². The zero-order valence-electron chi connectivity index (χ0n) is 8.56. The summed E-state index contributed by atoms with van der Waals surface area (Å²) in [4.78, 5) is 0. The molecule has 15 heavy (non-hydrogen) atoms. The van der Waals surface area contributed by atoms with Gasteiger partial charge < -0.3 is 9.15 Å². The van der Waals surface area contributed by atoms with E-state index >= 15 is 0 Å². The fourth-order valence-electron chi connectivity index (χ4n) is 1.45. The van der Waals surface area contributed by atoms with Gasteiger partial charge in [0.15, 0.2) is 5.75 Å². The summed E-state index contributed by atoms with van der Waals surface area (Å²) in [5, 5.41) is 0. The molecule has 2 heteroatoms. The van der Waals surface area contributed by atoms with E-state index in [9.17, 15) is 0 Å². The second-order valence-electron chi connectivity index (χ2n) is 3.40. The summed E-state index contributed by atoms with van der Waals surface area (Å²) < 4.78 is 10.4. The minimum atomic E-state index is 0.731. The smallest absolute Gasteiger partial charge is 0.157 e. The van der Waals surface area contributed by atoms with Crippen molar-refractivity contribution in [3.05, 3.63) is 54.5 Å². The second kappa shape index (κ2) is 5.25. The predicted octanol–water partition coefficient (Wildman–Crippen LogP) is 3.29. The van der Waals surface area contributed by atoms with E-state index in [0.717, 1.165) is 25.2 Å². The van der Waals surface area contributed by atoms with Gasteiger partial charge in [-0.2, -0.15) is 0 Å². The number of rotatable bonds is 5. The Labute approximate surface area is 89.5 Å². The van der Waals surface area contributed by atoms with Crippen molar-refractivity contribution in [2.24, 2.45) is 0 Å². The molecule has 1 aromatic carbocycles. The van der Waals surface area contributed by atoms with Crippen LogP contribution in [-0.4, -0.2) is 6.61 Å². The number of ether oxygens (including phenoxy) is 1. The lowest BCUT2D eigenvalue weighted by Gasteiger charge is -2.03. The maximum Gasteiger partial charge on any atom is 0.157 e. The standard InChI is InChI=1S/C13H14O2/c1-2-5-12(6-3-1)7-4-9-15-13-8-10-14-11-13/h1-3,5-6,8,10-11H,4,7,9H2. The molecule has 0 atom stereocenters. The number of benzene rings is 1. The van der Waals surface area contributed by atoms with Crippen molar-refractivity contribution in [3.63, 3.8) is 0 Å². The van der Waals surface area contributed by atoms with Gasteiger partial charge in [-0.15, -0.1) is 0 Å². The topological polar surface area (TPSA) is 22.4 Å². The van der Waals surface area contributed by atoms with Gasteiger partial charge >= 0.3 is 0 Å². The van der Waals surface area contributed by atoms with Crippen LogP contribution in [0.2, 0.25) is 0 Å². The molecule has 0 aliphatic carbocycles. The summed E-state index contributed by atoms with van der Waals surface area (Å²) >= 11 is 0. The highest BCUT2D eigenvalue weighted by atomic mass is 16.5. The first kappa shape index (κ1) is 9.84. The van der Waals surface area contributed by atoms with E-state index in [0.29, 0.717) is 0 Å². The van der Waals surface area contributed by atoms with E-state index in [1.165, 1.54) is 5.56 Å². The van der Waals surface area contributed by atoms with Crippen LogP contribution in [0.15, 0.2) is 53.3 Å². The van der Waals surface area contributed by atoms with Crippen LogP contribution >= 0.6 is 0 Å². The number of hydrogen-bond donors (Lipinski definition) is 0. The molecule has 0 saturated heterocycles. The van der Waals surface area contributed by atoms with Gasteiger partial charge in [0, 0.05) is 6.07 Å². The summed E-state index contributed by atoms with van der Waals surface area (Å²) in [6, 6.07) is 12.3. The molecule has 0 unspecified atom stereocenters. The van der Waals surface area contributed by atoms with Gasteiger partial charge in [-0.1, -0.05) is 30.3 Å². The van der Waals surface area contributed by atoms with Crippen molar-refractivity contribution in [1.29, 1.82) is 0 Å². The van der Waals surface area contributed by atoms with Crippen molar-refractivity contribution >= 4 is 0 Å². The highest BCUT2D eigenvalue weighted by molar-refractivity contribution is 5.15. The van der Waals surface area contributed by atoms with Crippen molar-refractivity contribution in [2.45, 2.75) is 12.8 Å². The fraction of sp³-hybridized carbons (Fsp3) is 0.231. The third-order valence-corrected chi connectivity index (χ3v) is 2.22. The molecule has 2 aromatic rings. The fourth-order valence-corrected chi connectivity index (χ4v) is 1.45. The largest absolute Gasteiger partial charge is 0.490 e. The molecule has 0 fully saturated rings. The maximum atomic E-state index is 5.47. The maximum absolute atomic E-state index is 5.47. The van der Waals surface area contributed by atoms with Gasteiger partial charge in [0.2, 0.25) is 0 Å². The molecule has 78 valence electrons. The van der Waals surface area contributed by atoms with Crippen molar-refractivity contribution in [1.82, 2.24) is 0 Å². The molecule has 2 rings (SSSR count). The lowest BCUT2D eigenvalue weighted by Crippen LogP contribution is -1.98. The monoisotopic (exact) mass is 202 g/mol. The van der Waals surface area contributed by atoms with Crippen LogP contribution in [0, 0.1) is 0 Å². The van der Waals surface area contributed by atoms with Crippen LogP contribution in [0.25, 0.3) is 0 Å². The Morgan fingerprint density at radius 2 is 1.93 bits per heavy atom. The predicted molar refractivity (Wildman–Crippen MR) is 59.0 cm³/mol. The van der Waals surface area contributed by atoms with Crippen LogP contribution in [0.3, 0.4) is 0 Å². The Bertz CT molecular complexity index is 365. The van der Waals surface area contributed by atoms with Gasteiger partial charge in [0.25, 0.3) is 0 Å². The van der Waals surface area contributed by atoms with Gasteiger partial charge in [0.05, 0.1) is 12.9 Å². The number of aryl methyl sites for hydroxylation is 1. The average Bonchev–Trinajstić information content (AvgIpc) is 2.79. The first-order valence-corrected chi connectivity index (χ1v) is 5.14. The minimum Gasteiger partial charge on any atom is -0.490 e. The Morgan fingerprint density at radius 1 is 1.07 bits per heavy atom. The minimum absolute atomic E-state index is 0.731. The van der Waals surface area contributed by atoms with Crippen LogP contribution in [0.4, 0.5) is 0 Å². The van der Waals surface area contributed by atoms with Gasteiger partial charge in [-0.3, -0.25) is 0 Å². The summed E-state index contributed by atoms with van der Waals surface area (Å²) in [6.45, 7) is 0.731. The molecular weight excluding hydrogens is 188 g/mol. The summed E-state index contributed by atoms with van der Waals surface area (Å²) in [6.07, 6.45) is 5.31. The molecule has 1 heterocycles. The van der Waals surface area contributed by atoms with Crippen LogP contribution in [0.5, 0.6) is 5.75 Å². The first-order chi connectivity index (χ1) is 7.45. The molecule has 0 spiro atoms. The van der Waals surface area contributed by atoms with E-state index in [4.69, 9.17) is 9.15 Å². The molecule has 2 nitrogen and oxygen atoms in total. The lowest BCUT2D eigenvalue weighted by atomic mass is 10.1. The average molecular weight is 202 g/mol. The van der Waals surface area contributed by atoms with Gasteiger partial charge in [0.1, 0.15) is 6.26 Å². The third-order valence-electron chi connectivity index (χ3n) is 2.22. The van der Waals surface area contributed by atoms with Crippen molar-refractivity contribution in [3.8, 4) is 5.75 Å². The van der Waals surface area contributed by atoms with Gasteiger partial charge in [-0.25, -0.2) is 0 Å². The Morgan fingerprint density at radius 3 is 2.67 bits per heavy atom. The molecule has 1 aromatic heterocycles. The molecule has 0 aliphatic heterocycles. The molecule has 0 N–H and O–H groups in total. The SMILES string of the molecule is c1ccc(CCCOc2ccoc2)cc1. The lowest BCUT2D eigenvalue weighted by molar-refractivity contribution is 0.307. The molecule has 0 aliphatic rings. The third kappa shape index (κ3) is 3.17. The normalized spacial score (nSPS) is 10.1. The van der Waals surface area contributed by atoms with E-state index < -0.39 is 0 Å².